The molecule has 1 atom stereocenters. The van der Waals surface area contributed by atoms with Gasteiger partial charge in [0.15, 0.2) is 0 Å². The summed E-state index contributed by atoms with van der Waals surface area (Å²) in [6, 6.07) is 0.118. The summed E-state index contributed by atoms with van der Waals surface area (Å²) in [5.74, 6) is 0. The molecular formula is C13H19BrF3N3O. The van der Waals surface area contributed by atoms with Crippen molar-refractivity contribution in [1.82, 2.24) is 9.78 Å². The number of unbranched alkanes of at least 4 members (excludes halogenated alkanes) is 2. The van der Waals surface area contributed by atoms with Gasteiger partial charge in [-0.25, -0.2) is 4.68 Å². The first-order valence-electron chi connectivity index (χ1n) is 6.83. The van der Waals surface area contributed by atoms with Crippen LogP contribution in [-0.2, 0) is 6.54 Å². The number of halogens is 4. The molecule has 21 heavy (non-hydrogen) atoms. The first kappa shape index (κ1) is 18.0. The topological polar surface area (TPSA) is 46.9 Å². The molecule has 0 bridgehead atoms. The second kappa shape index (κ2) is 7.82. The molecule has 1 unspecified atom stereocenters. The van der Waals surface area contributed by atoms with E-state index < -0.39 is 18.3 Å². The molecule has 4 nitrogen and oxygen atoms in total. The molecule has 1 aromatic heterocycles. The van der Waals surface area contributed by atoms with Gasteiger partial charge in [0, 0.05) is 6.04 Å². The molecule has 0 saturated carbocycles. The molecule has 0 saturated heterocycles. The smallest absolute Gasteiger partial charge is 0.380 e. The molecule has 0 amide bonds. The van der Waals surface area contributed by atoms with Crippen molar-refractivity contribution in [3.05, 3.63) is 21.0 Å². The van der Waals surface area contributed by atoms with Crippen LogP contribution in [0.25, 0.3) is 0 Å². The van der Waals surface area contributed by atoms with Gasteiger partial charge in [-0.2, -0.15) is 18.3 Å². The quantitative estimate of drug-likeness (QED) is 0.740. The lowest BCUT2D eigenvalue weighted by molar-refractivity contribution is -0.143. The molecule has 1 heterocycles. The average Bonchev–Trinajstić information content (AvgIpc) is 2.37. The van der Waals surface area contributed by atoms with Crippen LogP contribution in [0.4, 0.5) is 18.9 Å². The van der Waals surface area contributed by atoms with E-state index >= 15 is 0 Å². The third kappa shape index (κ3) is 6.07. The Morgan fingerprint density at radius 1 is 1.43 bits per heavy atom. The molecule has 0 aromatic carbocycles. The van der Waals surface area contributed by atoms with Gasteiger partial charge < -0.3 is 5.32 Å². The molecule has 120 valence electrons. The van der Waals surface area contributed by atoms with E-state index in [4.69, 9.17) is 0 Å². The normalized spacial score (nSPS) is 13.2. The van der Waals surface area contributed by atoms with Crippen molar-refractivity contribution >= 4 is 21.6 Å². The number of anilines is 1. The van der Waals surface area contributed by atoms with Crippen molar-refractivity contribution in [3.8, 4) is 0 Å². The largest absolute Gasteiger partial charge is 0.408 e. The Labute approximate surface area is 129 Å². The molecule has 0 aliphatic heterocycles. The maximum Gasteiger partial charge on any atom is 0.408 e. The van der Waals surface area contributed by atoms with Gasteiger partial charge in [-0.15, -0.1) is 0 Å². The van der Waals surface area contributed by atoms with E-state index in [1.807, 2.05) is 6.92 Å². The van der Waals surface area contributed by atoms with Crippen LogP contribution in [0.2, 0.25) is 0 Å². The Balaban J connectivity index is 2.78. The number of nitrogens with zero attached hydrogens (tertiary/aromatic N) is 2. The van der Waals surface area contributed by atoms with Crippen LogP contribution >= 0.6 is 15.9 Å². The zero-order chi connectivity index (χ0) is 16.0. The van der Waals surface area contributed by atoms with Crippen LogP contribution in [-0.4, -0.2) is 22.0 Å². The lowest BCUT2D eigenvalue weighted by Gasteiger charge is -2.16. The van der Waals surface area contributed by atoms with Crippen molar-refractivity contribution in [2.24, 2.45) is 0 Å². The first-order chi connectivity index (χ1) is 9.74. The second-order valence-corrected chi connectivity index (χ2v) is 5.78. The Morgan fingerprint density at radius 2 is 2.10 bits per heavy atom. The van der Waals surface area contributed by atoms with E-state index in [0.29, 0.717) is 10.4 Å². The number of rotatable bonds is 7. The van der Waals surface area contributed by atoms with Crippen molar-refractivity contribution in [3.63, 3.8) is 0 Å². The highest BCUT2D eigenvalue weighted by Crippen LogP contribution is 2.20. The molecule has 0 fully saturated rings. The summed E-state index contributed by atoms with van der Waals surface area (Å²) >= 11 is 3.05. The molecule has 1 N–H and O–H groups in total. The van der Waals surface area contributed by atoms with Crippen LogP contribution in [0.15, 0.2) is 15.5 Å². The third-order valence-electron chi connectivity index (χ3n) is 2.96. The summed E-state index contributed by atoms with van der Waals surface area (Å²) in [6.07, 6.45) is 0.989. The van der Waals surface area contributed by atoms with E-state index in [2.05, 4.69) is 33.3 Å². The molecular weight excluding hydrogens is 351 g/mol. The number of hydrogen-bond donors (Lipinski definition) is 1. The molecule has 0 radical (unpaired) electrons. The monoisotopic (exact) mass is 369 g/mol. The zero-order valence-electron chi connectivity index (χ0n) is 12.0. The Bertz CT molecular complexity index is 516. The fourth-order valence-electron chi connectivity index (χ4n) is 1.89. The van der Waals surface area contributed by atoms with E-state index in [1.54, 1.807) is 0 Å². The lowest BCUT2D eigenvalue weighted by atomic mass is 10.1. The van der Waals surface area contributed by atoms with E-state index in [0.717, 1.165) is 25.7 Å². The highest BCUT2D eigenvalue weighted by atomic mass is 79.9. The summed E-state index contributed by atoms with van der Waals surface area (Å²) in [4.78, 5) is 11.8. The fourth-order valence-corrected chi connectivity index (χ4v) is 2.31. The highest BCUT2D eigenvalue weighted by molar-refractivity contribution is 9.10. The zero-order valence-corrected chi connectivity index (χ0v) is 13.6. The number of alkyl halides is 3. The fraction of sp³-hybridized carbons (Fsp3) is 0.692. The second-order valence-electron chi connectivity index (χ2n) is 4.99. The average molecular weight is 370 g/mol. The van der Waals surface area contributed by atoms with Gasteiger partial charge in [0.1, 0.15) is 11.0 Å². The van der Waals surface area contributed by atoms with E-state index in [1.165, 1.54) is 6.20 Å². The minimum Gasteiger partial charge on any atom is -0.380 e. The van der Waals surface area contributed by atoms with Crippen LogP contribution in [0.5, 0.6) is 0 Å². The minimum absolute atomic E-state index is 0.0732. The maximum atomic E-state index is 12.3. The van der Waals surface area contributed by atoms with Crippen LogP contribution < -0.4 is 10.9 Å². The first-order valence-corrected chi connectivity index (χ1v) is 7.62. The van der Waals surface area contributed by atoms with Crippen LogP contribution in [0.1, 0.15) is 39.5 Å². The molecule has 8 heteroatoms. The van der Waals surface area contributed by atoms with Gasteiger partial charge in [0.2, 0.25) is 0 Å². The molecule has 0 spiro atoms. The maximum absolute atomic E-state index is 12.3. The number of nitrogens with one attached hydrogen (secondary N) is 1. The number of aromatic nitrogens is 2. The van der Waals surface area contributed by atoms with Crippen molar-refractivity contribution < 1.29 is 13.2 Å². The standard InChI is InChI=1S/C13H19BrF3N3O/c1-3-4-5-6-9(2)19-10-7-18-20(8-13(15,16)17)12(21)11(10)14/h7,9,19H,3-6,8H2,1-2H3. The van der Waals surface area contributed by atoms with Crippen molar-refractivity contribution in [1.29, 1.82) is 0 Å². The predicted molar refractivity (Wildman–Crippen MR) is 79.5 cm³/mol. The highest BCUT2D eigenvalue weighted by Gasteiger charge is 2.29. The predicted octanol–water partition coefficient (Wildman–Crippen LogP) is 3.95. The summed E-state index contributed by atoms with van der Waals surface area (Å²) in [7, 11) is 0. The molecule has 0 aliphatic carbocycles. The molecule has 0 aliphatic rings. The van der Waals surface area contributed by atoms with Gasteiger partial charge in [-0.1, -0.05) is 26.2 Å². The van der Waals surface area contributed by atoms with Crippen molar-refractivity contribution in [2.75, 3.05) is 5.32 Å². The van der Waals surface area contributed by atoms with Crippen LogP contribution in [0, 0.1) is 0 Å². The van der Waals surface area contributed by atoms with Gasteiger partial charge in [0.05, 0.1) is 11.9 Å². The minimum atomic E-state index is -4.47. The van der Waals surface area contributed by atoms with Crippen LogP contribution in [0.3, 0.4) is 0 Å². The summed E-state index contributed by atoms with van der Waals surface area (Å²) in [6.45, 7) is 2.68. The third-order valence-corrected chi connectivity index (χ3v) is 3.72. The van der Waals surface area contributed by atoms with Gasteiger partial charge in [0.25, 0.3) is 5.56 Å². The van der Waals surface area contributed by atoms with E-state index in [9.17, 15) is 18.0 Å². The molecule has 1 rings (SSSR count). The Morgan fingerprint density at radius 3 is 2.67 bits per heavy atom. The van der Waals surface area contributed by atoms with Gasteiger partial charge in [-0.3, -0.25) is 4.79 Å². The Hall–Kier alpha value is -1.05. The van der Waals surface area contributed by atoms with Crippen molar-refractivity contribution in [2.45, 2.75) is 58.3 Å². The SMILES string of the molecule is CCCCCC(C)Nc1cnn(CC(F)(F)F)c(=O)c1Br. The molecule has 1 aromatic rings. The summed E-state index contributed by atoms with van der Waals surface area (Å²) in [5, 5.41) is 6.66. The summed E-state index contributed by atoms with van der Waals surface area (Å²) in [5.41, 5.74) is -0.375. The summed E-state index contributed by atoms with van der Waals surface area (Å²) < 4.78 is 37.4. The van der Waals surface area contributed by atoms with Gasteiger partial charge >= 0.3 is 6.18 Å². The number of hydrogen-bond acceptors (Lipinski definition) is 3. The van der Waals surface area contributed by atoms with Gasteiger partial charge in [-0.05, 0) is 29.3 Å². The Kier molecular flexibility index (Phi) is 6.70. The van der Waals surface area contributed by atoms with E-state index in [-0.39, 0.29) is 10.5 Å². The lowest BCUT2D eigenvalue weighted by Crippen LogP contribution is -2.31.